The van der Waals surface area contributed by atoms with Gasteiger partial charge in [0.15, 0.2) is 0 Å². The Bertz CT molecular complexity index is 948. The quantitative estimate of drug-likeness (QED) is 0.767. The predicted molar refractivity (Wildman–Crippen MR) is 110 cm³/mol. The van der Waals surface area contributed by atoms with Gasteiger partial charge in [0.1, 0.15) is 5.82 Å². The van der Waals surface area contributed by atoms with Crippen LogP contribution in [-0.4, -0.2) is 71.5 Å². The van der Waals surface area contributed by atoms with E-state index in [-0.39, 0.29) is 23.9 Å². The number of carbonyl (C=O) groups is 1. The third-order valence-electron chi connectivity index (χ3n) is 5.58. The highest BCUT2D eigenvalue weighted by molar-refractivity contribution is 7.86. The Morgan fingerprint density at radius 3 is 2.55 bits per heavy atom. The summed E-state index contributed by atoms with van der Waals surface area (Å²) in [6.07, 6.45) is 2.12. The summed E-state index contributed by atoms with van der Waals surface area (Å²) in [5.74, 6) is 0.688. The third kappa shape index (κ3) is 4.39. The Morgan fingerprint density at radius 2 is 1.93 bits per heavy atom. The van der Waals surface area contributed by atoms with Crippen LogP contribution in [0.1, 0.15) is 56.6 Å². The number of hydrogen-bond donors (Lipinski definition) is 1. The lowest BCUT2D eigenvalue weighted by Crippen LogP contribution is -2.46. The molecule has 1 unspecified atom stereocenters. The van der Waals surface area contributed by atoms with Crippen molar-refractivity contribution in [1.29, 1.82) is 0 Å². The molecule has 0 aromatic carbocycles. The Balaban J connectivity index is 1.83. The van der Waals surface area contributed by atoms with Gasteiger partial charge in [-0.05, 0) is 12.8 Å². The van der Waals surface area contributed by atoms with Gasteiger partial charge in [0.2, 0.25) is 5.91 Å². The minimum Gasteiger partial charge on any atom is -0.342 e. The van der Waals surface area contributed by atoms with Gasteiger partial charge >= 0.3 is 0 Å². The standard InChI is InChI=1S/C19H31N5O4S/c1-19(2,3)18(26)23-9-6-7-13(11-23)16-20-15-8-10-24(29(27,28)22(4)5)12-14(15)17(25)21-16/h13H,6-12H2,1-5H3,(H,20,21,25). The smallest absolute Gasteiger partial charge is 0.281 e. The summed E-state index contributed by atoms with van der Waals surface area (Å²) in [4.78, 5) is 34.8. The van der Waals surface area contributed by atoms with Crippen LogP contribution >= 0.6 is 0 Å². The fourth-order valence-electron chi connectivity index (χ4n) is 3.90. The summed E-state index contributed by atoms with van der Waals surface area (Å²) in [6.45, 7) is 7.31. The van der Waals surface area contributed by atoms with Crippen LogP contribution in [0.25, 0.3) is 0 Å². The topological polar surface area (TPSA) is 107 Å². The van der Waals surface area contributed by atoms with Crippen molar-refractivity contribution < 1.29 is 13.2 Å². The maximum atomic E-state index is 12.7. The van der Waals surface area contributed by atoms with E-state index in [9.17, 15) is 18.0 Å². The first-order chi connectivity index (χ1) is 13.4. The molecule has 1 fully saturated rings. The van der Waals surface area contributed by atoms with Crippen molar-refractivity contribution in [2.75, 3.05) is 33.7 Å². The monoisotopic (exact) mass is 425 g/mol. The largest absolute Gasteiger partial charge is 0.342 e. The van der Waals surface area contributed by atoms with Gasteiger partial charge in [-0.3, -0.25) is 9.59 Å². The van der Waals surface area contributed by atoms with Crippen molar-refractivity contribution in [3.63, 3.8) is 0 Å². The number of likely N-dealkylation sites (tertiary alicyclic amines) is 1. The molecule has 1 saturated heterocycles. The lowest BCUT2D eigenvalue weighted by molar-refractivity contribution is -0.140. The normalized spacial score (nSPS) is 21.3. The second-order valence-electron chi connectivity index (χ2n) is 9.09. The molecule has 0 spiro atoms. The minimum atomic E-state index is -3.58. The van der Waals surface area contributed by atoms with Gasteiger partial charge < -0.3 is 9.88 Å². The molecule has 10 heteroatoms. The van der Waals surface area contributed by atoms with Crippen LogP contribution in [0.4, 0.5) is 0 Å². The molecule has 0 radical (unpaired) electrons. The Hall–Kier alpha value is -1.78. The first-order valence-electron chi connectivity index (χ1n) is 10.00. The number of nitrogens with one attached hydrogen (secondary N) is 1. The van der Waals surface area contributed by atoms with Gasteiger partial charge in [-0.15, -0.1) is 0 Å². The number of hydrogen-bond acceptors (Lipinski definition) is 5. The SMILES string of the molecule is CN(C)S(=O)(=O)N1CCc2nc(C3CCCN(C(=O)C(C)(C)C)C3)[nH]c(=O)c2C1. The van der Waals surface area contributed by atoms with Gasteiger partial charge in [-0.2, -0.15) is 17.0 Å². The Kier molecular flexibility index (Phi) is 5.90. The number of H-pyrrole nitrogens is 1. The van der Waals surface area contributed by atoms with Crippen molar-refractivity contribution in [2.24, 2.45) is 5.41 Å². The molecule has 0 aliphatic carbocycles. The molecule has 162 valence electrons. The van der Waals surface area contributed by atoms with Crippen molar-refractivity contribution in [2.45, 2.75) is 52.5 Å². The second-order valence-corrected chi connectivity index (χ2v) is 11.2. The van der Waals surface area contributed by atoms with Gasteiger partial charge in [0.05, 0.1) is 11.3 Å². The van der Waals surface area contributed by atoms with Crippen LogP contribution in [0, 0.1) is 5.41 Å². The van der Waals surface area contributed by atoms with E-state index in [0.29, 0.717) is 36.6 Å². The summed E-state index contributed by atoms with van der Waals surface area (Å²) >= 11 is 0. The lowest BCUT2D eigenvalue weighted by atomic mass is 9.90. The van der Waals surface area contributed by atoms with Crippen molar-refractivity contribution in [3.05, 3.63) is 27.4 Å². The highest BCUT2D eigenvalue weighted by Gasteiger charge is 2.34. The zero-order valence-electron chi connectivity index (χ0n) is 17.9. The van der Waals surface area contributed by atoms with Crippen LogP contribution in [-0.2, 0) is 28.0 Å². The van der Waals surface area contributed by atoms with Gasteiger partial charge in [0, 0.05) is 58.0 Å². The molecule has 9 nitrogen and oxygen atoms in total. The van der Waals surface area contributed by atoms with Crippen LogP contribution in [0.15, 0.2) is 4.79 Å². The average molecular weight is 426 g/mol. The highest BCUT2D eigenvalue weighted by atomic mass is 32.2. The molecule has 0 bridgehead atoms. The molecular formula is C19H31N5O4S. The predicted octanol–water partition coefficient (Wildman–Crippen LogP) is 0.687. The zero-order valence-corrected chi connectivity index (χ0v) is 18.7. The maximum absolute atomic E-state index is 12.7. The number of aromatic amines is 1. The lowest BCUT2D eigenvalue weighted by Gasteiger charge is -2.36. The van der Waals surface area contributed by atoms with Crippen LogP contribution in [0.5, 0.6) is 0 Å². The number of carbonyl (C=O) groups excluding carboxylic acids is 1. The second kappa shape index (κ2) is 7.81. The number of aromatic nitrogens is 2. The molecule has 1 aromatic heterocycles. The summed E-state index contributed by atoms with van der Waals surface area (Å²) in [7, 11) is -0.626. The van der Waals surface area contributed by atoms with Crippen LogP contribution in [0.3, 0.4) is 0 Å². The van der Waals surface area contributed by atoms with Gasteiger partial charge in [-0.25, -0.2) is 4.98 Å². The van der Waals surface area contributed by atoms with E-state index in [1.807, 2.05) is 25.7 Å². The average Bonchev–Trinajstić information content (AvgIpc) is 2.66. The Labute approximate surface area is 172 Å². The van der Waals surface area contributed by atoms with E-state index in [0.717, 1.165) is 23.7 Å². The fourth-order valence-corrected chi connectivity index (χ4v) is 4.98. The van der Waals surface area contributed by atoms with Crippen molar-refractivity contribution in [1.82, 2.24) is 23.5 Å². The van der Waals surface area contributed by atoms with E-state index in [4.69, 9.17) is 0 Å². The number of piperidine rings is 1. The number of fused-ring (bicyclic) bond motifs is 1. The molecule has 3 rings (SSSR count). The first-order valence-corrected chi connectivity index (χ1v) is 11.4. The maximum Gasteiger partial charge on any atom is 0.281 e. The molecule has 29 heavy (non-hydrogen) atoms. The highest BCUT2D eigenvalue weighted by Crippen LogP contribution is 2.28. The van der Waals surface area contributed by atoms with Crippen molar-refractivity contribution >= 4 is 16.1 Å². The summed E-state index contributed by atoms with van der Waals surface area (Å²) in [5.41, 5.74) is 0.333. The van der Waals surface area contributed by atoms with E-state index >= 15 is 0 Å². The molecule has 1 aromatic rings. The number of rotatable bonds is 3. The molecule has 1 N–H and O–H groups in total. The van der Waals surface area contributed by atoms with Gasteiger partial charge in [-0.1, -0.05) is 20.8 Å². The molecule has 1 amide bonds. The summed E-state index contributed by atoms with van der Waals surface area (Å²) < 4.78 is 27.2. The molecule has 2 aliphatic heterocycles. The third-order valence-corrected chi connectivity index (χ3v) is 7.46. The molecule has 1 atom stereocenters. The Morgan fingerprint density at radius 1 is 1.24 bits per heavy atom. The van der Waals surface area contributed by atoms with Crippen LogP contribution < -0.4 is 5.56 Å². The number of nitrogens with zero attached hydrogens (tertiary/aromatic N) is 4. The summed E-state index contributed by atoms with van der Waals surface area (Å²) in [6, 6.07) is 0. The first kappa shape index (κ1) is 21.9. The van der Waals surface area contributed by atoms with E-state index in [1.54, 1.807) is 0 Å². The van der Waals surface area contributed by atoms with Crippen molar-refractivity contribution in [3.8, 4) is 0 Å². The molecule has 3 heterocycles. The molecular weight excluding hydrogens is 394 g/mol. The molecule has 0 saturated carbocycles. The fraction of sp³-hybridized carbons (Fsp3) is 0.737. The van der Waals surface area contributed by atoms with E-state index in [2.05, 4.69) is 9.97 Å². The zero-order chi connectivity index (χ0) is 21.6. The summed E-state index contributed by atoms with van der Waals surface area (Å²) in [5, 5.41) is 0. The van der Waals surface area contributed by atoms with E-state index < -0.39 is 15.6 Å². The van der Waals surface area contributed by atoms with Gasteiger partial charge in [0.25, 0.3) is 15.8 Å². The number of amides is 1. The molecule has 2 aliphatic rings. The van der Waals surface area contributed by atoms with E-state index in [1.165, 1.54) is 18.4 Å². The minimum absolute atomic E-state index is 0.0170. The van der Waals surface area contributed by atoms with Crippen LogP contribution in [0.2, 0.25) is 0 Å².